The second kappa shape index (κ2) is 7.36. The number of hydrogen-bond acceptors (Lipinski definition) is 4. The van der Waals surface area contributed by atoms with Crippen LogP contribution in [0, 0.1) is 12.7 Å². The van der Waals surface area contributed by atoms with Crippen molar-refractivity contribution < 1.29 is 18.4 Å². The van der Waals surface area contributed by atoms with Crippen LogP contribution in [0.1, 0.15) is 32.0 Å². The molecular formula is C24H18FN3O3. The summed E-state index contributed by atoms with van der Waals surface area (Å²) < 4.78 is 18.6. The number of amides is 2. The minimum atomic E-state index is -0.398. The van der Waals surface area contributed by atoms with Crippen molar-refractivity contribution in [3.63, 3.8) is 0 Å². The van der Waals surface area contributed by atoms with Crippen molar-refractivity contribution in [2.24, 2.45) is 0 Å². The lowest BCUT2D eigenvalue weighted by atomic mass is 10.1. The number of hydrogen-bond donors (Lipinski definition) is 1. The molecule has 0 saturated heterocycles. The zero-order valence-corrected chi connectivity index (χ0v) is 16.7. The van der Waals surface area contributed by atoms with Crippen LogP contribution >= 0.6 is 0 Å². The Balaban J connectivity index is 1.41. The molecule has 6 nitrogen and oxygen atoms in total. The third-order valence-electron chi connectivity index (χ3n) is 5.39. The summed E-state index contributed by atoms with van der Waals surface area (Å²) >= 11 is 0. The Hall–Kier alpha value is -4.00. The van der Waals surface area contributed by atoms with E-state index in [4.69, 9.17) is 4.42 Å². The summed E-state index contributed by atoms with van der Waals surface area (Å²) in [6.45, 7) is 2.33. The summed E-state index contributed by atoms with van der Waals surface area (Å²) in [5.41, 5.74) is 4.43. The summed E-state index contributed by atoms with van der Waals surface area (Å²) in [6.07, 6.45) is 3.60. The second-order valence-electron chi connectivity index (χ2n) is 7.49. The lowest BCUT2D eigenvalue weighted by molar-refractivity contribution is 0.0987. The van der Waals surface area contributed by atoms with Crippen LogP contribution in [0.25, 0.3) is 10.9 Å². The molecule has 7 heteroatoms. The average molecular weight is 415 g/mol. The van der Waals surface area contributed by atoms with Crippen molar-refractivity contribution in [2.45, 2.75) is 13.3 Å². The number of rotatable bonds is 3. The van der Waals surface area contributed by atoms with Crippen molar-refractivity contribution in [1.29, 1.82) is 0 Å². The normalized spacial score (nSPS) is 12.8. The summed E-state index contributed by atoms with van der Waals surface area (Å²) in [5.74, 6) is -0.813. The van der Waals surface area contributed by atoms with Gasteiger partial charge in [-0.15, -0.1) is 0 Å². The number of halogens is 1. The van der Waals surface area contributed by atoms with E-state index in [2.05, 4.69) is 10.3 Å². The fraction of sp³-hybridized carbons (Fsp3) is 0.125. The fourth-order valence-electron chi connectivity index (χ4n) is 3.95. The maximum absolute atomic E-state index is 13.6. The number of anilines is 2. The molecule has 0 unspecified atom stereocenters. The zero-order valence-electron chi connectivity index (χ0n) is 16.7. The molecule has 0 fully saturated rings. The highest BCUT2D eigenvalue weighted by Crippen LogP contribution is 2.32. The van der Waals surface area contributed by atoms with Gasteiger partial charge in [0.15, 0.2) is 0 Å². The van der Waals surface area contributed by atoms with Gasteiger partial charge in [0.25, 0.3) is 11.8 Å². The van der Waals surface area contributed by atoms with E-state index in [1.807, 2.05) is 12.1 Å². The van der Waals surface area contributed by atoms with E-state index in [0.29, 0.717) is 46.4 Å². The number of pyridine rings is 1. The highest BCUT2D eigenvalue weighted by molar-refractivity contribution is 6.13. The van der Waals surface area contributed by atoms with Crippen LogP contribution in [0.15, 0.2) is 65.5 Å². The van der Waals surface area contributed by atoms with Gasteiger partial charge in [-0.25, -0.2) is 4.39 Å². The predicted molar refractivity (Wildman–Crippen MR) is 115 cm³/mol. The molecule has 1 N–H and O–H groups in total. The van der Waals surface area contributed by atoms with Crippen LogP contribution in [0.4, 0.5) is 15.8 Å². The fourth-order valence-corrected chi connectivity index (χ4v) is 3.95. The highest BCUT2D eigenvalue weighted by atomic mass is 19.1. The maximum atomic E-state index is 13.6. The third kappa shape index (κ3) is 3.44. The van der Waals surface area contributed by atoms with Crippen molar-refractivity contribution >= 4 is 34.1 Å². The van der Waals surface area contributed by atoms with Crippen molar-refractivity contribution in [3.05, 3.63) is 89.3 Å². The van der Waals surface area contributed by atoms with E-state index < -0.39 is 5.82 Å². The molecule has 2 aromatic heterocycles. The Kier molecular flexibility index (Phi) is 4.51. The molecule has 154 valence electrons. The smallest absolute Gasteiger partial charge is 0.261 e. The molecule has 0 spiro atoms. The predicted octanol–water partition coefficient (Wildman–Crippen LogP) is 4.73. The SMILES string of the molecule is Cc1cc(C(=O)Nc2ccc3c(c2)CCN3C(=O)c2ccoc2)c2ccc(F)cc2n1. The van der Waals surface area contributed by atoms with Gasteiger partial charge in [0, 0.05) is 35.1 Å². The van der Waals surface area contributed by atoms with Crippen molar-refractivity contribution in [2.75, 3.05) is 16.8 Å². The minimum absolute atomic E-state index is 0.116. The van der Waals surface area contributed by atoms with E-state index >= 15 is 0 Å². The van der Waals surface area contributed by atoms with Crippen molar-refractivity contribution in [3.8, 4) is 0 Å². The number of furan rings is 1. The number of nitrogens with one attached hydrogen (secondary N) is 1. The van der Waals surface area contributed by atoms with Gasteiger partial charge in [0.05, 0.1) is 22.9 Å². The van der Waals surface area contributed by atoms with E-state index in [0.717, 1.165) is 11.3 Å². The number of carbonyl (C=O) groups is 2. The summed E-state index contributed by atoms with van der Waals surface area (Å²) in [7, 11) is 0. The number of carbonyl (C=O) groups excluding carboxylic acids is 2. The van der Waals surface area contributed by atoms with E-state index in [9.17, 15) is 14.0 Å². The van der Waals surface area contributed by atoms with Gasteiger partial charge in [0.2, 0.25) is 0 Å². The third-order valence-corrected chi connectivity index (χ3v) is 5.39. The van der Waals surface area contributed by atoms with Crippen LogP contribution in [0.3, 0.4) is 0 Å². The molecule has 5 rings (SSSR count). The summed E-state index contributed by atoms with van der Waals surface area (Å²) in [5, 5.41) is 3.50. The number of aryl methyl sites for hydroxylation is 1. The summed E-state index contributed by atoms with van der Waals surface area (Å²) in [6, 6.07) is 13.0. The lowest BCUT2D eigenvalue weighted by Crippen LogP contribution is -2.28. The zero-order chi connectivity index (χ0) is 21.5. The molecule has 0 bridgehead atoms. The number of aromatic nitrogens is 1. The second-order valence-corrected chi connectivity index (χ2v) is 7.49. The number of fused-ring (bicyclic) bond motifs is 2. The van der Waals surface area contributed by atoms with Gasteiger partial charge in [-0.3, -0.25) is 14.6 Å². The van der Waals surface area contributed by atoms with Crippen LogP contribution < -0.4 is 10.2 Å². The van der Waals surface area contributed by atoms with Gasteiger partial charge >= 0.3 is 0 Å². The molecule has 0 atom stereocenters. The molecule has 3 heterocycles. The molecular weight excluding hydrogens is 397 g/mol. The molecule has 0 aliphatic carbocycles. The Morgan fingerprint density at radius 3 is 2.81 bits per heavy atom. The molecule has 2 amide bonds. The largest absolute Gasteiger partial charge is 0.472 e. The van der Waals surface area contributed by atoms with Gasteiger partial charge in [-0.05, 0) is 61.4 Å². The van der Waals surface area contributed by atoms with Crippen LogP contribution in [-0.4, -0.2) is 23.3 Å². The number of benzene rings is 2. The topological polar surface area (TPSA) is 75.4 Å². The number of nitrogens with zero attached hydrogens (tertiary/aromatic N) is 2. The molecule has 0 saturated carbocycles. The van der Waals surface area contributed by atoms with Gasteiger partial charge in [0.1, 0.15) is 12.1 Å². The molecule has 4 aromatic rings. The summed E-state index contributed by atoms with van der Waals surface area (Å²) in [4.78, 5) is 31.7. The highest BCUT2D eigenvalue weighted by Gasteiger charge is 2.26. The van der Waals surface area contributed by atoms with Crippen LogP contribution in [-0.2, 0) is 6.42 Å². The Labute approximate surface area is 177 Å². The lowest BCUT2D eigenvalue weighted by Gasteiger charge is -2.17. The molecule has 31 heavy (non-hydrogen) atoms. The Morgan fingerprint density at radius 2 is 2.00 bits per heavy atom. The van der Waals surface area contributed by atoms with Gasteiger partial charge in [-0.1, -0.05) is 0 Å². The van der Waals surface area contributed by atoms with Crippen LogP contribution in [0.5, 0.6) is 0 Å². The van der Waals surface area contributed by atoms with Gasteiger partial charge in [-0.2, -0.15) is 0 Å². The first-order chi connectivity index (χ1) is 15.0. The van der Waals surface area contributed by atoms with Crippen LogP contribution in [0.2, 0.25) is 0 Å². The monoisotopic (exact) mass is 415 g/mol. The van der Waals surface area contributed by atoms with Gasteiger partial charge < -0.3 is 14.6 Å². The van der Waals surface area contributed by atoms with Crippen molar-refractivity contribution in [1.82, 2.24) is 4.98 Å². The standard InChI is InChI=1S/C24H18FN3O3/c1-14-10-20(19-4-2-17(25)12-21(19)26-14)23(29)27-18-3-5-22-15(11-18)6-8-28(22)24(30)16-7-9-31-13-16/h2-5,7,9-13H,6,8H2,1H3,(H,27,29). The molecule has 1 aliphatic heterocycles. The molecule has 2 aromatic carbocycles. The minimum Gasteiger partial charge on any atom is -0.472 e. The Bertz CT molecular complexity index is 1330. The Morgan fingerprint density at radius 1 is 1.13 bits per heavy atom. The first-order valence-electron chi connectivity index (χ1n) is 9.85. The van der Waals surface area contributed by atoms with E-state index in [-0.39, 0.29) is 11.8 Å². The molecule has 0 radical (unpaired) electrons. The van der Waals surface area contributed by atoms with E-state index in [1.165, 1.54) is 24.7 Å². The average Bonchev–Trinajstić information content (AvgIpc) is 3.42. The maximum Gasteiger partial charge on any atom is 0.261 e. The van der Waals surface area contributed by atoms with E-state index in [1.54, 1.807) is 36.1 Å². The quantitative estimate of drug-likeness (QED) is 0.525. The molecule has 1 aliphatic rings. The first-order valence-corrected chi connectivity index (χ1v) is 9.85. The first kappa shape index (κ1) is 19.0.